The summed E-state index contributed by atoms with van der Waals surface area (Å²) in [5.41, 5.74) is 0.675. The van der Waals surface area contributed by atoms with E-state index >= 15 is 0 Å². The lowest BCUT2D eigenvalue weighted by atomic mass is 9.74. The molecule has 6 nitrogen and oxygen atoms in total. The lowest BCUT2D eigenvalue weighted by molar-refractivity contribution is -0.138. The zero-order valence-electron chi connectivity index (χ0n) is 17.4. The van der Waals surface area contributed by atoms with Crippen LogP contribution in [0.3, 0.4) is 0 Å². The molecule has 6 heteroatoms. The largest absolute Gasteiger partial charge is 0.493 e. The van der Waals surface area contributed by atoms with Crippen molar-refractivity contribution in [1.29, 1.82) is 0 Å². The van der Waals surface area contributed by atoms with E-state index in [-0.39, 0.29) is 12.5 Å². The summed E-state index contributed by atoms with van der Waals surface area (Å²) in [6, 6.07) is 14.4. The number of carbonyl (C=O) groups excluding carboxylic acids is 1. The van der Waals surface area contributed by atoms with Crippen LogP contribution in [-0.4, -0.2) is 37.7 Å². The first kappa shape index (κ1) is 22.3. The quantitative estimate of drug-likeness (QED) is 0.636. The number of hydrogen-bond donors (Lipinski definition) is 2. The summed E-state index contributed by atoms with van der Waals surface area (Å²) in [6.07, 6.45) is 1.13. The van der Waals surface area contributed by atoms with E-state index in [0.29, 0.717) is 29.9 Å². The van der Waals surface area contributed by atoms with Gasteiger partial charge in [0.2, 0.25) is 5.91 Å². The Morgan fingerprint density at radius 2 is 1.62 bits per heavy atom. The van der Waals surface area contributed by atoms with E-state index in [0.717, 1.165) is 5.56 Å². The highest BCUT2D eigenvalue weighted by Crippen LogP contribution is 2.37. The molecule has 29 heavy (non-hydrogen) atoms. The molecule has 0 aliphatic heterocycles. The van der Waals surface area contributed by atoms with Crippen LogP contribution in [0.5, 0.6) is 11.5 Å². The van der Waals surface area contributed by atoms with Gasteiger partial charge in [-0.2, -0.15) is 0 Å². The molecule has 0 saturated heterocycles. The van der Waals surface area contributed by atoms with Gasteiger partial charge in [-0.05, 0) is 36.1 Å². The summed E-state index contributed by atoms with van der Waals surface area (Å²) in [5, 5.41) is 12.5. The molecule has 2 aromatic rings. The van der Waals surface area contributed by atoms with Crippen molar-refractivity contribution in [2.75, 3.05) is 20.8 Å². The van der Waals surface area contributed by atoms with Gasteiger partial charge in [-0.1, -0.05) is 50.2 Å². The third kappa shape index (κ3) is 4.70. The molecule has 0 spiro atoms. The van der Waals surface area contributed by atoms with Crippen LogP contribution in [0.25, 0.3) is 0 Å². The zero-order valence-corrected chi connectivity index (χ0v) is 17.4. The van der Waals surface area contributed by atoms with Crippen molar-refractivity contribution in [2.24, 2.45) is 0 Å². The molecule has 156 valence electrons. The van der Waals surface area contributed by atoms with Gasteiger partial charge in [0.05, 0.1) is 25.6 Å². The Hall–Kier alpha value is -3.02. The third-order valence-corrected chi connectivity index (χ3v) is 5.54. The van der Waals surface area contributed by atoms with Crippen molar-refractivity contribution in [3.8, 4) is 11.5 Å². The van der Waals surface area contributed by atoms with Gasteiger partial charge in [0, 0.05) is 6.54 Å². The van der Waals surface area contributed by atoms with Crippen molar-refractivity contribution in [1.82, 2.24) is 5.32 Å². The molecule has 0 saturated carbocycles. The number of carboxylic acid groups (broad SMARTS) is 1. The minimum Gasteiger partial charge on any atom is -0.493 e. The molecule has 0 heterocycles. The molecule has 0 aliphatic carbocycles. The predicted octanol–water partition coefficient (Wildman–Crippen LogP) is 3.75. The highest BCUT2D eigenvalue weighted by Gasteiger charge is 2.38. The fourth-order valence-corrected chi connectivity index (χ4v) is 3.64. The monoisotopic (exact) mass is 399 g/mol. The normalized spacial score (nSPS) is 12.1. The lowest BCUT2D eigenvalue weighted by Gasteiger charge is -2.32. The predicted molar refractivity (Wildman–Crippen MR) is 112 cm³/mol. The average Bonchev–Trinajstić information content (AvgIpc) is 2.75. The molecule has 0 bridgehead atoms. The first-order chi connectivity index (χ1) is 13.9. The third-order valence-electron chi connectivity index (χ3n) is 5.54. The minimum atomic E-state index is -0.971. The van der Waals surface area contributed by atoms with Crippen LogP contribution in [0, 0.1) is 0 Å². The zero-order chi connectivity index (χ0) is 21.4. The number of ether oxygens (including phenoxy) is 2. The van der Waals surface area contributed by atoms with Crippen LogP contribution < -0.4 is 14.8 Å². The number of rotatable bonds is 10. The molecule has 0 aliphatic rings. The second kappa shape index (κ2) is 9.96. The number of amides is 1. The Bertz CT molecular complexity index is 830. The number of methoxy groups -OCH3 is 2. The van der Waals surface area contributed by atoms with Crippen molar-refractivity contribution >= 4 is 11.9 Å². The molecule has 2 aromatic carbocycles. The first-order valence-electron chi connectivity index (χ1n) is 9.72. The van der Waals surface area contributed by atoms with E-state index in [2.05, 4.69) is 5.32 Å². The lowest BCUT2D eigenvalue weighted by Crippen LogP contribution is -2.45. The standard InChI is InChI=1S/C23H29NO5/c1-5-23(6-2,17-12-13-19(28-3)20(14-17)29-4)22(27)24-15-18(21(25)26)16-10-8-7-9-11-16/h7-14,18H,5-6,15H2,1-4H3,(H,24,27)(H,25,26). The van der Waals surface area contributed by atoms with Crippen LogP contribution in [-0.2, 0) is 15.0 Å². The summed E-state index contributed by atoms with van der Waals surface area (Å²) in [6.45, 7) is 3.92. The molecular weight excluding hydrogens is 370 g/mol. The number of carboxylic acids is 1. The Morgan fingerprint density at radius 1 is 1.00 bits per heavy atom. The minimum absolute atomic E-state index is 0.0211. The van der Waals surface area contributed by atoms with Crippen molar-refractivity contribution in [3.63, 3.8) is 0 Å². The second-order valence-corrected chi connectivity index (χ2v) is 6.87. The Balaban J connectivity index is 2.30. The molecule has 2 N–H and O–H groups in total. The van der Waals surface area contributed by atoms with Crippen molar-refractivity contribution in [3.05, 3.63) is 59.7 Å². The Labute approximate surface area is 171 Å². The second-order valence-electron chi connectivity index (χ2n) is 6.87. The van der Waals surface area contributed by atoms with Crippen LogP contribution in [0.15, 0.2) is 48.5 Å². The number of hydrogen-bond acceptors (Lipinski definition) is 4. The maximum Gasteiger partial charge on any atom is 0.312 e. The van der Waals surface area contributed by atoms with Gasteiger partial charge in [-0.3, -0.25) is 9.59 Å². The fourth-order valence-electron chi connectivity index (χ4n) is 3.64. The summed E-state index contributed by atoms with van der Waals surface area (Å²) >= 11 is 0. The number of benzene rings is 2. The molecule has 1 unspecified atom stereocenters. The number of nitrogens with one attached hydrogen (secondary N) is 1. The van der Waals surface area contributed by atoms with Crippen molar-refractivity contribution < 1.29 is 24.2 Å². The van der Waals surface area contributed by atoms with Gasteiger partial charge in [0.15, 0.2) is 11.5 Å². The van der Waals surface area contributed by atoms with Gasteiger partial charge in [0.25, 0.3) is 0 Å². The van der Waals surface area contributed by atoms with Gasteiger partial charge in [0.1, 0.15) is 0 Å². The highest BCUT2D eigenvalue weighted by molar-refractivity contribution is 5.89. The molecule has 1 atom stereocenters. The van der Waals surface area contributed by atoms with E-state index in [1.807, 2.05) is 32.0 Å². The van der Waals surface area contributed by atoms with E-state index in [1.54, 1.807) is 44.6 Å². The van der Waals surface area contributed by atoms with Crippen molar-refractivity contribution in [2.45, 2.75) is 38.0 Å². The van der Waals surface area contributed by atoms with Gasteiger partial charge in [-0.15, -0.1) is 0 Å². The summed E-state index contributed by atoms with van der Waals surface area (Å²) in [4.78, 5) is 25.0. The Morgan fingerprint density at radius 3 is 2.14 bits per heavy atom. The maximum atomic E-state index is 13.3. The molecule has 2 rings (SSSR count). The highest BCUT2D eigenvalue weighted by atomic mass is 16.5. The van der Waals surface area contributed by atoms with E-state index in [1.165, 1.54) is 0 Å². The van der Waals surface area contributed by atoms with Gasteiger partial charge in [-0.25, -0.2) is 0 Å². The first-order valence-corrected chi connectivity index (χ1v) is 9.72. The van der Waals surface area contributed by atoms with Crippen LogP contribution in [0.4, 0.5) is 0 Å². The van der Waals surface area contributed by atoms with Gasteiger partial charge >= 0.3 is 5.97 Å². The van der Waals surface area contributed by atoms with E-state index in [9.17, 15) is 14.7 Å². The summed E-state index contributed by atoms with van der Waals surface area (Å²) < 4.78 is 10.7. The van der Waals surface area contributed by atoms with Crippen LogP contribution in [0.1, 0.15) is 43.7 Å². The molecule has 0 aromatic heterocycles. The Kier molecular flexibility index (Phi) is 7.65. The SMILES string of the molecule is CCC(CC)(C(=O)NCC(C(=O)O)c1ccccc1)c1ccc(OC)c(OC)c1. The summed E-state index contributed by atoms with van der Waals surface area (Å²) in [5.74, 6) is -0.834. The maximum absolute atomic E-state index is 13.3. The van der Waals surface area contributed by atoms with E-state index < -0.39 is 17.3 Å². The van der Waals surface area contributed by atoms with Gasteiger partial charge < -0.3 is 19.9 Å². The summed E-state index contributed by atoms with van der Waals surface area (Å²) in [7, 11) is 3.12. The molecule has 0 fully saturated rings. The number of aliphatic carboxylic acids is 1. The van der Waals surface area contributed by atoms with Crippen LogP contribution in [0.2, 0.25) is 0 Å². The van der Waals surface area contributed by atoms with E-state index in [4.69, 9.17) is 9.47 Å². The fraction of sp³-hybridized carbons (Fsp3) is 0.391. The molecule has 0 radical (unpaired) electrons. The molecular formula is C23H29NO5. The topological polar surface area (TPSA) is 84.9 Å². The smallest absolute Gasteiger partial charge is 0.312 e. The average molecular weight is 399 g/mol. The molecule has 1 amide bonds. The number of carbonyl (C=O) groups is 2. The van der Waals surface area contributed by atoms with Crippen LogP contribution >= 0.6 is 0 Å².